The van der Waals surface area contributed by atoms with Gasteiger partial charge >= 0.3 is 0 Å². The number of hydrogen-bond acceptors (Lipinski definition) is 3. The van der Waals surface area contributed by atoms with Gasteiger partial charge in [0, 0.05) is 23.5 Å². The highest BCUT2D eigenvalue weighted by molar-refractivity contribution is 5.96. The van der Waals surface area contributed by atoms with Crippen molar-refractivity contribution in [3.8, 4) is 22.7 Å². The predicted octanol–water partition coefficient (Wildman–Crippen LogP) is 5.41. The van der Waals surface area contributed by atoms with Crippen LogP contribution in [0.1, 0.15) is 30.4 Å². The van der Waals surface area contributed by atoms with Crippen LogP contribution in [-0.4, -0.2) is 22.3 Å². The first-order valence-corrected chi connectivity index (χ1v) is 10.5. The third kappa shape index (κ3) is 3.59. The Hall–Kier alpha value is -3.86. The fraction of sp³-hybridized carbons (Fsp3) is 0.154. The van der Waals surface area contributed by atoms with Gasteiger partial charge in [-0.1, -0.05) is 60.7 Å². The number of amides is 1. The first-order valence-electron chi connectivity index (χ1n) is 10.5. The standard InChI is InChI=1S/C26H23N3O2/c1-2-31-21-15-13-18(14-16-21)22-17-23(30)27-26-24(22)25(19-9-5-3-6-10-19)28-29(26)20-11-7-4-8-12-20/h3-16,22H,2,17H2,1H3,(H,27,30). The molecule has 5 nitrogen and oxygen atoms in total. The number of aromatic nitrogens is 2. The SMILES string of the molecule is CCOc1ccc(C2CC(=O)Nc3c2c(-c2ccccc2)nn3-c2ccccc2)cc1. The molecule has 0 fully saturated rings. The van der Waals surface area contributed by atoms with Gasteiger partial charge in [0.1, 0.15) is 11.6 Å². The van der Waals surface area contributed by atoms with E-state index in [2.05, 4.69) is 17.4 Å². The van der Waals surface area contributed by atoms with Crippen LogP contribution >= 0.6 is 0 Å². The van der Waals surface area contributed by atoms with Crippen molar-refractivity contribution in [3.05, 3.63) is 96.1 Å². The van der Waals surface area contributed by atoms with Crippen molar-refractivity contribution in [1.82, 2.24) is 9.78 Å². The highest BCUT2D eigenvalue weighted by atomic mass is 16.5. The molecule has 31 heavy (non-hydrogen) atoms. The maximum Gasteiger partial charge on any atom is 0.226 e. The molecule has 0 aliphatic carbocycles. The van der Waals surface area contributed by atoms with E-state index >= 15 is 0 Å². The lowest BCUT2D eigenvalue weighted by Crippen LogP contribution is -2.24. The van der Waals surface area contributed by atoms with Gasteiger partial charge in [0.2, 0.25) is 5.91 Å². The number of rotatable bonds is 5. The summed E-state index contributed by atoms with van der Waals surface area (Å²) in [5, 5.41) is 8.05. The van der Waals surface area contributed by atoms with Gasteiger partial charge in [0.15, 0.2) is 0 Å². The Bertz CT molecular complexity index is 1200. The first kappa shape index (κ1) is 19.1. The van der Waals surface area contributed by atoms with Crippen molar-refractivity contribution < 1.29 is 9.53 Å². The van der Waals surface area contributed by atoms with Crippen LogP contribution in [0, 0.1) is 0 Å². The van der Waals surface area contributed by atoms with Gasteiger partial charge < -0.3 is 10.1 Å². The van der Waals surface area contributed by atoms with E-state index in [1.807, 2.05) is 84.4 Å². The van der Waals surface area contributed by atoms with E-state index in [0.717, 1.165) is 39.6 Å². The number of carbonyl (C=O) groups excluding carboxylic acids is 1. The molecule has 4 aromatic rings. The summed E-state index contributed by atoms with van der Waals surface area (Å²) in [5.74, 6) is 1.46. The van der Waals surface area contributed by atoms with Crippen LogP contribution in [0.15, 0.2) is 84.9 Å². The molecule has 1 unspecified atom stereocenters. The van der Waals surface area contributed by atoms with Crippen LogP contribution in [0.3, 0.4) is 0 Å². The van der Waals surface area contributed by atoms with E-state index < -0.39 is 0 Å². The van der Waals surface area contributed by atoms with Crippen molar-refractivity contribution in [2.45, 2.75) is 19.3 Å². The van der Waals surface area contributed by atoms with Gasteiger partial charge in [0.05, 0.1) is 18.0 Å². The molecule has 5 heteroatoms. The molecule has 1 amide bonds. The van der Waals surface area contributed by atoms with Crippen molar-refractivity contribution in [2.24, 2.45) is 0 Å². The number of hydrogen-bond donors (Lipinski definition) is 1. The Balaban J connectivity index is 1.70. The van der Waals surface area contributed by atoms with E-state index in [1.54, 1.807) is 0 Å². The number of para-hydroxylation sites is 1. The van der Waals surface area contributed by atoms with Crippen molar-refractivity contribution >= 4 is 11.7 Å². The summed E-state index contributed by atoms with van der Waals surface area (Å²) in [5.41, 5.74) is 4.94. The van der Waals surface area contributed by atoms with Crippen LogP contribution in [0.4, 0.5) is 5.82 Å². The molecule has 0 saturated carbocycles. The summed E-state index contributed by atoms with van der Waals surface area (Å²) in [6.07, 6.45) is 0.376. The molecule has 1 aromatic heterocycles. The Morgan fingerprint density at radius 1 is 0.968 bits per heavy atom. The van der Waals surface area contributed by atoms with E-state index in [9.17, 15) is 4.79 Å². The highest BCUT2D eigenvalue weighted by Gasteiger charge is 2.34. The fourth-order valence-electron chi connectivity index (χ4n) is 4.16. The van der Waals surface area contributed by atoms with Gasteiger partial charge in [-0.25, -0.2) is 4.68 Å². The minimum atomic E-state index is -0.0907. The minimum absolute atomic E-state index is 0.0110. The lowest BCUT2D eigenvalue weighted by molar-refractivity contribution is -0.116. The lowest BCUT2D eigenvalue weighted by atomic mass is 9.84. The molecule has 5 rings (SSSR count). The Kier molecular flexibility index (Phi) is 5.00. The zero-order valence-electron chi connectivity index (χ0n) is 17.3. The number of nitrogens with one attached hydrogen (secondary N) is 1. The van der Waals surface area contributed by atoms with Gasteiger partial charge in [0.25, 0.3) is 0 Å². The molecular formula is C26H23N3O2. The normalized spacial score (nSPS) is 15.3. The molecule has 1 atom stereocenters. The van der Waals surface area contributed by atoms with Gasteiger partial charge in [-0.15, -0.1) is 0 Å². The second kappa shape index (κ2) is 8.11. The second-order valence-electron chi connectivity index (χ2n) is 7.53. The lowest BCUT2D eigenvalue weighted by Gasteiger charge is -2.25. The van der Waals surface area contributed by atoms with Crippen LogP contribution in [0.2, 0.25) is 0 Å². The molecule has 1 N–H and O–H groups in total. The molecule has 3 aromatic carbocycles. The van der Waals surface area contributed by atoms with E-state index in [1.165, 1.54) is 0 Å². The van der Waals surface area contributed by atoms with Crippen LogP contribution in [-0.2, 0) is 4.79 Å². The number of ether oxygens (including phenoxy) is 1. The van der Waals surface area contributed by atoms with Crippen LogP contribution < -0.4 is 10.1 Å². The summed E-state index contributed by atoms with van der Waals surface area (Å²) >= 11 is 0. The van der Waals surface area contributed by atoms with Crippen molar-refractivity contribution in [2.75, 3.05) is 11.9 Å². The Morgan fingerprint density at radius 2 is 1.65 bits per heavy atom. The summed E-state index contributed by atoms with van der Waals surface area (Å²) < 4.78 is 7.44. The zero-order valence-corrected chi connectivity index (χ0v) is 17.3. The average molecular weight is 409 g/mol. The molecule has 2 heterocycles. The molecule has 0 spiro atoms. The van der Waals surface area contributed by atoms with Gasteiger partial charge in [-0.3, -0.25) is 4.79 Å². The second-order valence-corrected chi connectivity index (χ2v) is 7.53. The third-order valence-corrected chi connectivity index (χ3v) is 5.56. The molecule has 0 bridgehead atoms. The monoisotopic (exact) mass is 409 g/mol. The van der Waals surface area contributed by atoms with Crippen LogP contribution in [0.5, 0.6) is 5.75 Å². The smallest absolute Gasteiger partial charge is 0.226 e. The summed E-state index contributed by atoms with van der Waals surface area (Å²) in [7, 11) is 0. The minimum Gasteiger partial charge on any atom is -0.494 e. The zero-order chi connectivity index (χ0) is 21.2. The fourth-order valence-corrected chi connectivity index (χ4v) is 4.16. The Labute approximate surface area is 181 Å². The quantitative estimate of drug-likeness (QED) is 0.479. The van der Waals surface area contributed by atoms with Gasteiger partial charge in [-0.05, 0) is 36.8 Å². The molecule has 0 radical (unpaired) electrons. The highest BCUT2D eigenvalue weighted by Crippen LogP contribution is 2.44. The maximum atomic E-state index is 12.7. The van der Waals surface area contributed by atoms with Crippen molar-refractivity contribution in [3.63, 3.8) is 0 Å². The number of nitrogens with zero attached hydrogens (tertiary/aromatic N) is 2. The third-order valence-electron chi connectivity index (χ3n) is 5.56. The topological polar surface area (TPSA) is 56.1 Å². The first-order chi connectivity index (χ1) is 15.2. The summed E-state index contributed by atoms with van der Waals surface area (Å²) in [4.78, 5) is 12.7. The largest absolute Gasteiger partial charge is 0.494 e. The maximum absolute atomic E-state index is 12.7. The number of fused-ring (bicyclic) bond motifs is 1. The number of anilines is 1. The number of carbonyl (C=O) groups is 1. The molecule has 1 aliphatic rings. The van der Waals surface area contributed by atoms with Crippen LogP contribution in [0.25, 0.3) is 16.9 Å². The Morgan fingerprint density at radius 3 is 2.32 bits per heavy atom. The summed E-state index contributed by atoms with van der Waals surface area (Å²) in [6, 6.07) is 28.1. The predicted molar refractivity (Wildman–Crippen MR) is 122 cm³/mol. The molecule has 0 saturated heterocycles. The summed E-state index contributed by atoms with van der Waals surface area (Å²) in [6.45, 7) is 2.59. The van der Waals surface area contributed by atoms with Crippen molar-refractivity contribution in [1.29, 1.82) is 0 Å². The average Bonchev–Trinajstić information content (AvgIpc) is 3.20. The van der Waals surface area contributed by atoms with E-state index in [4.69, 9.17) is 9.84 Å². The number of benzene rings is 3. The van der Waals surface area contributed by atoms with E-state index in [0.29, 0.717) is 13.0 Å². The van der Waals surface area contributed by atoms with Gasteiger partial charge in [-0.2, -0.15) is 5.10 Å². The van der Waals surface area contributed by atoms with E-state index in [-0.39, 0.29) is 11.8 Å². The molecule has 1 aliphatic heterocycles. The molecule has 154 valence electrons. The molecular weight excluding hydrogens is 386 g/mol.